The summed E-state index contributed by atoms with van der Waals surface area (Å²) in [7, 11) is 0. The molecule has 1 aromatic carbocycles. The predicted octanol–water partition coefficient (Wildman–Crippen LogP) is 5.88. The van der Waals surface area contributed by atoms with Gasteiger partial charge in [-0.15, -0.1) is 11.8 Å². The maximum Gasteiger partial charge on any atom is 0.416 e. The quantitative estimate of drug-likeness (QED) is 0.699. The number of hydrogen-bond donors (Lipinski definition) is 1. The van der Waals surface area contributed by atoms with Crippen LogP contribution in [0.4, 0.5) is 18.0 Å². The van der Waals surface area contributed by atoms with E-state index < -0.39 is 23.4 Å². The third-order valence-electron chi connectivity index (χ3n) is 4.19. The van der Waals surface area contributed by atoms with E-state index in [0.717, 1.165) is 31.7 Å². The summed E-state index contributed by atoms with van der Waals surface area (Å²) < 4.78 is 43.6. The van der Waals surface area contributed by atoms with Crippen LogP contribution in [0.5, 0.6) is 0 Å². The molecule has 0 aliphatic heterocycles. The Bertz CT molecular complexity index is 606. The van der Waals surface area contributed by atoms with Crippen molar-refractivity contribution in [2.75, 3.05) is 6.54 Å². The minimum absolute atomic E-state index is 0.316. The number of carbonyl (C=O) groups excluding carboxylic acids is 1. The SMILES string of the molecule is CC(C)(C)OC(=O)NC[C@H]1CC[C@@H](Sc2cccc(C(F)(F)F)c2)CC1. The number of alkyl carbamates (subject to hydrolysis) is 1. The summed E-state index contributed by atoms with van der Waals surface area (Å²) in [5.74, 6) is 0.390. The molecule has 0 heterocycles. The third kappa shape index (κ3) is 7.09. The molecular weight excluding hydrogens is 363 g/mol. The Morgan fingerprint density at radius 1 is 1.19 bits per heavy atom. The van der Waals surface area contributed by atoms with Gasteiger partial charge in [-0.25, -0.2) is 4.79 Å². The van der Waals surface area contributed by atoms with E-state index in [9.17, 15) is 18.0 Å². The van der Waals surface area contributed by atoms with Crippen molar-refractivity contribution >= 4 is 17.9 Å². The number of hydrogen-bond acceptors (Lipinski definition) is 3. The summed E-state index contributed by atoms with van der Waals surface area (Å²) in [4.78, 5) is 12.4. The molecule has 7 heteroatoms. The average Bonchev–Trinajstić information content (AvgIpc) is 2.52. The molecule has 0 radical (unpaired) electrons. The summed E-state index contributed by atoms with van der Waals surface area (Å²) >= 11 is 1.52. The summed E-state index contributed by atoms with van der Waals surface area (Å²) in [6.07, 6.45) is -0.943. The first kappa shape index (κ1) is 20.9. The molecule has 146 valence electrons. The van der Waals surface area contributed by atoms with Crippen LogP contribution >= 0.6 is 11.8 Å². The first-order valence-corrected chi connectivity index (χ1v) is 9.71. The number of amides is 1. The number of thioether (sulfide) groups is 1. The van der Waals surface area contributed by atoms with Crippen molar-refractivity contribution in [2.45, 2.75) is 68.4 Å². The van der Waals surface area contributed by atoms with Crippen molar-refractivity contribution in [3.05, 3.63) is 29.8 Å². The molecule has 3 nitrogen and oxygen atoms in total. The minimum atomic E-state index is -4.30. The topological polar surface area (TPSA) is 38.3 Å². The highest BCUT2D eigenvalue weighted by Crippen LogP contribution is 2.38. The zero-order chi connectivity index (χ0) is 19.4. The van der Waals surface area contributed by atoms with Gasteiger partial charge in [0.2, 0.25) is 0 Å². The first-order chi connectivity index (χ1) is 12.0. The van der Waals surface area contributed by atoms with Crippen LogP contribution in [-0.2, 0) is 10.9 Å². The Balaban J connectivity index is 1.76. The fourth-order valence-electron chi connectivity index (χ4n) is 2.93. The summed E-state index contributed by atoms with van der Waals surface area (Å²) in [6, 6.07) is 5.52. The van der Waals surface area contributed by atoms with Crippen LogP contribution in [0.2, 0.25) is 0 Å². The van der Waals surface area contributed by atoms with Gasteiger partial charge < -0.3 is 10.1 Å². The highest BCUT2D eigenvalue weighted by Gasteiger charge is 2.31. The fraction of sp³-hybridized carbons (Fsp3) is 0.632. The van der Waals surface area contributed by atoms with E-state index in [2.05, 4.69) is 5.32 Å². The van der Waals surface area contributed by atoms with Gasteiger partial charge in [-0.1, -0.05) is 6.07 Å². The Morgan fingerprint density at radius 2 is 1.85 bits per heavy atom. The highest BCUT2D eigenvalue weighted by molar-refractivity contribution is 8.00. The van der Waals surface area contributed by atoms with E-state index in [1.807, 2.05) is 20.8 Å². The Morgan fingerprint density at radius 3 is 2.42 bits per heavy atom. The fourth-order valence-corrected chi connectivity index (χ4v) is 4.18. The number of nitrogens with one attached hydrogen (secondary N) is 1. The van der Waals surface area contributed by atoms with Gasteiger partial charge in [-0.2, -0.15) is 13.2 Å². The molecule has 1 amide bonds. The smallest absolute Gasteiger partial charge is 0.416 e. The summed E-state index contributed by atoms with van der Waals surface area (Å²) in [6.45, 7) is 6.05. The summed E-state index contributed by atoms with van der Waals surface area (Å²) in [5, 5.41) is 3.12. The van der Waals surface area contributed by atoms with Crippen molar-refractivity contribution in [3.63, 3.8) is 0 Å². The lowest BCUT2D eigenvalue weighted by Gasteiger charge is -2.28. The van der Waals surface area contributed by atoms with Gasteiger partial charge in [0, 0.05) is 16.7 Å². The molecule has 0 atom stereocenters. The molecule has 0 aromatic heterocycles. The zero-order valence-electron chi connectivity index (χ0n) is 15.4. The molecule has 1 saturated carbocycles. The standard InChI is InChI=1S/C19H26F3NO2S/c1-18(2,3)25-17(24)23-12-13-7-9-15(10-8-13)26-16-6-4-5-14(11-16)19(20,21)22/h4-6,11,13,15H,7-10,12H2,1-3H3,(H,23,24)/t13-,15+. The number of carbonyl (C=O) groups is 1. The van der Waals surface area contributed by atoms with E-state index in [4.69, 9.17) is 4.74 Å². The maximum absolute atomic E-state index is 12.8. The predicted molar refractivity (Wildman–Crippen MR) is 97.3 cm³/mol. The molecule has 1 fully saturated rings. The zero-order valence-corrected chi connectivity index (χ0v) is 16.2. The van der Waals surface area contributed by atoms with Crippen molar-refractivity contribution in [1.29, 1.82) is 0 Å². The van der Waals surface area contributed by atoms with E-state index in [1.54, 1.807) is 6.07 Å². The molecule has 0 spiro atoms. The molecule has 1 aliphatic carbocycles. The van der Waals surface area contributed by atoms with Crippen LogP contribution in [0, 0.1) is 5.92 Å². The average molecular weight is 389 g/mol. The number of halogens is 3. The van der Waals surface area contributed by atoms with Crippen LogP contribution in [0.3, 0.4) is 0 Å². The van der Waals surface area contributed by atoms with E-state index in [-0.39, 0.29) is 0 Å². The third-order valence-corrected chi connectivity index (χ3v) is 5.52. The second kappa shape index (κ2) is 8.55. The van der Waals surface area contributed by atoms with Gasteiger partial charge >= 0.3 is 12.3 Å². The second-order valence-corrected chi connectivity index (χ2v) is 9.04. The van der Waals surface area contributed by atoms with E-state index in [0.29, 0.717) is 22.6 Å². The number of benzene rings is 1. The number of rotatable bonds is 4. The first-order valence-electron chi connectivity index (χ1n) is 8.84. The maximum atomic E-state index is 12.8. The molecule has 1 aromatic rings. The lowest BCUT2D eigenvalue weighted by Crippen LogP contribution is -2.36. The summed E-state index contributed by atoms with van der Waals surface area (Å²) in [5.41, 5.74) is -1.11. The molecule has 1 aliphatic rings. The Hall–Kier alpha value is -1.37. The van der Waals surface area contributed by atoms with Crippen LogP contribution < -0.4 is 5.32 Å². The van der Waals surface area contributed by atoms with Crippen molar-refractivity contribution in [3.8, 4) is 0 Å². The van der Waals surface area contributed by atoms with Gasteiger partial charge in [0.1, 0.15) is 5.60 Å². The lowest BCUT2D eigenvalue weighted by molar-refractivity contribution is -0.137. The monoisotopic (exact) mass is 389 g/mol. The highest BCUT2D eigenvalue weighted by atomic mass is 32.2. The van der Waals surface area contributed by atoms with E-state index in [1.165, 1.54) is 23.9 Å². The van der Waals surface area contributed by atoms with Crippen LogP contribution in [0.1, 0.15) is 52.0 Å². The van der Waals surface area contributed by atoms with Crippen molar-refractivity contribution in [2.24, 2.45) is 5.92 Å². The van der Waals surface area contributed by atoms with Gasteiger partial charge in [-0.05, 0) is 70.6 Å². The van der Waals surface area contributed by atoms with Crippen LogP contribution in [0.15, 0.2) is 29.2 Å². The van der Waals surface area contributed by atoms with Gasteiger partial charge in [-0.3, -0.25) is 0 Å². The second-order valence-electron chi connectivity index (χ2n) is 7.67. The molecule has 1 N–H and O–H groups in total. The van der Waals surface area contributed by atoms with Crippen LogP contribution in [-0.4, -0.2) is 23.5 Å². The molecule has 26 heavy (non-hydrogen) atoms. The minimum Gasteiger partial charge on any atom is -0.444 e. The molecule has 2 rings (SSSR count). The molecular formula is C19H26F3NO2S. The lowest BCUT2D eigenvalue weighted by atomic mass is 9.89. The normalized spacial score (nSPS) is 21.3. The van der Waals surface area contributed by atoms with Crippen molar-refractivity contribution in [1.82, 2.24) is 5.32 Å². The van der Waals surface area contributed by atoms with Gasteiger partial charge in [0.25, 0.3) is 0 Å². The molecule has 0 bridgehead atoms. The molecule has 0 saturated heterocycles. The van der Waals surface area contributed by atoms with Crippen molar-refractivity contribution < 1.29 is 22.7 Å². The van der Waals surface area contributed by atoms with Gasteiger partial charge in [0.05, 0.1) is 5.56 Å². The number of ether oxygens (including phenoxy) is 1. The van der Waals surface area contributed by atoms with Gasteiger partial charge in [0.15, 0.2) is 0 Å². The van der Waals surface area contributed by atoms with Crippen LogP contribution in [0.25, 0.3) is 0 Å². The van der Waals surface area contributed by atoms with E-state index >= 15 is 0 Å². The largest absolute Gasteiger partial charge is 0.444 e. The number of alkyl halides is 3. The Kier molecular flexibility index (Phi) is 6.88. The Labute approximate surface area is 157 Å². The molecule has 0 unspecified atom stereocenters.